The van der Waals surface area contributed by atoms with Crippen molar-refractivity contribution in [3.05, 3.63) is 89.5 Å². The van der Waals surface area contributed by atoms with Crippen molar-refractivity contribution < 1.29 is 27.5 Å². The van der Waals surface area contributed by atoms with Crippen molar-refractivity contribution in [2.45, 2.75) is 13.8 Å². The summed E-state index contributed by atoms with van der Waals surface area (Å²) in [6, 6.07) is 20.7. The van der Waals surface area contributed by atoms with Gasteiger partial charge in [-0.25, -0.2) is 13.2 Å². The number of sulfonamides is 1. The molecule has 4 rings (SSSR count). The first-order chi connectivity index (χ1) is 19.1. The highest BCUT2D eigenvalue weighted by atomic mass is 32.2. The Labute approximate surface area is 233 Å². The van der Waals surface area contributed by atoms with Gasteiger partial charge < -0.3 is 20.7 Å². The average Bonchev–Trinajstić information content (AvgIpc) is 3.25. The van der Waals surface area contributed by atoms with E-state index in [1.54, 1.807) is 56.3 Å². The van der Waals surface area contributed by atoms with E-state index in [9.17, 15) is 22.8 Å². The first-order valence-electron chi connectivity index (χ1n) is 12.7. The molecule has 1 heterocycles. The molecule has 10 nitrogen and oxygen atoms in total. The molecule has 40 heavy (non-hydrogen) atoms. The lowest BCUT2D eigenvalue weighted by atomic mass is 9.99. The van der Waals surface area contributed by atoms with Gasteiger partial charge in [0.05, 0.1) is 41.1 Å². The van der Waals surface area contributed by atoms with Crippen molar-refractivity contribution >= 4 is 56.1 Å². The largest absolute Gasteiger partial charge is 0.462 e. The van der Waals surface area contributed by atoms with Crippen LogP contribution in [0.5, 0.6) is 0 Å². The summed E-state index contributed by atoms with van der Waals surface area (Å²) in [7, 11) is -3.72. The molecule has 0 fully saturated rings. The van der Waals surface area contributed by atoms with Crippen LogP contribution in [0.3, 0.4) is 0 Å². The molecule has 3 N–H and O–H groups in total. The quantitative estimate of drug-likeness (QED) is 0.253. The monoisotopic (exact) mass is 562 g/mol. The number of esters is 1. The minimum Gasteiger partial charge on any atom is -0.462 e. The lowest BCUT2D eigenvalue weighted by Crippen LogP contribution is -2.40. The molecule has 1 aliphatic rings. The van der Waals surface area contributed by atoms with Gasteiger partial charge in [0, 0.05) is 17.8 Å². The van der Waals surface area contributed by atoms with Gasteiger partial charge >= 0.3 is 5.97 Å². The molecule has 11 heteroatoms. The van der Waals surface area contributed by atoms with Gasteiger partial charge in [-0.3, -0.25) is 13.9 Å². The number of ether oxygens (including phenoxy) is 1. The zero-order valence-corrected chi connectivity index (χ0v) is 23.2. The second-order valence-electron chi connectivity index (χ2n) is 8.95. The number of carbonyl (C=O) groups excluding carboxylic acids is 3. The van der Waals surface area contributed by atoms with Gasteiger partial charge in [-0.05, 0) is 55.8 Å². The first-order valence-corrected chi connectivity index (χ1v) is 14.5. The molecule has 2 amide bonds. The fraction of sp³-hybridized carbons (Fsp3) is 0.207. The topological polar surface area (TPSA) is 134 Å². The molecule has 0 spiro atoms. The third-order valence-corrected chi connectivity index (χ3v) is 7.21. The van der Waals surface area contributed by atoms with Gasteiger partial charge in [-0.15, -0.1) is 0 Å². The van der Waals surface area contributed by atoms with Crippen LogP contribution in [-0.2, 0) is 24.3 Å². The fourth-order valence-corrected chi connectivity index (χ4v) is 5.14. The van der Waals surface area contributed by atoms with Crippen LogP contribution < -0.4 is 20.3 Å². The van der Waals surface area contributed by atoms with Crippen LogP contribution in [0.4, 0.5) is 17.1 Å². The number of fused-ring (bicyclic) bond motifs is 1. The van der Waals surface area contributed by atoms with E-state index < -0.39 is 21.9 Å². The Bertz CT molecular complexity index is 1570. The van der Waals surface area contributed by atoms with Gasteiger partial charge in [0.25, 0.3) is 5.91 Å². The SMILES string of the molecule is CCNC(=O)CN(c1ccc(N/C(=C2\C(=O)Nc3cc(C(=O)OCC)ccc32)c2ccccc2)cc1)S(C)(=O)=O. The number of benzene rings is 3. The zero-order chi connectivity index (χ0) is 28.9. The standard InChI is InChI=1S/C29H30N4O6S/c1-4-30-25(34)18-33(40(3,37)38)22-14-12-21(13-15-22)31-27(19-9-7-6-8-10-19)26-23-16-11-20(29(36)39-5-2)17-24(23)32-28(26)35/h6-17,31H,4-5,18H2,1-3H3,(H,30,34)(H,32,35)/b27-26-. The Morgan fingerprint density at radius 3 is 2.27 bits per heavy atom. The smallest absolute Gasteiger partial charge is 0.338 e. The second-order valence-corrected chi connectivity index (χ2v) is 10.9. The maximum Gasteiger partial charge on any atom is 0.338 e. The molecular weight excluding hydrogens is 532 g/mol. The average molecular weight is 563 g/mol. The zero-order valence-electron chi connectivity index (χ0n) is 22.4. The molecule has 0 aliphatic carbocycles. The summed E-state index contributed by atoms with van der Waals surface area (Å²) in [5, 5.41) is 8.75. The van der Waals surface area contributed by atoms with Crippen molar-refractivity contribution in [2.24, 2.45) is 0 Å². The van der Waals surface area contributed by atoms with Crippen LogP contribution in [0.2, 0.25) is 0 Å². The molecule has 0 aromatic heterocycles. The minimum absolute atomic E-state index is 0.238. The predicted octanol–water partition coefficient (Wildman–Crippen LogP) is 3.70. The molecule has 0 saturated carbocycles. The van der Waals surface area contributed by atoms with Gasteiger partial charge in [-0.2, -0.15) is 0 Å². The number of likely N-dealkylation sites (N-methyl/N-ethyl adjacent to an activating group) is 1. The number of carbonyl (C=O) groups is 3. The van der Waals surface area contributed by atoms with Crippen molar-refractivity contribution in [3.63, 3.8) is 0 Å². The third-order valence-electron chi connectivity index (χ3n) is 6.07. The Morgan fingerprint density at radius 2 is 1.65 bits per heavy atom. The number of anilines is 3. The van der Waals surface area contributed by atoms with Gasteiger partial charge in [-0.1, -0.05) is 36.4 Å². The molecule has 0 bridgehead atoms. The van der Waals surface area contributed by atoms with E-state index in [0.717, 1.165) is 16.1 Å². The fourth-order valence-electron chi connectivity index (χ4n) is 4.29. The number of hydrogen-bond acceptors (Lipinski definition) is 7. The number of nitrogens with one attached hydrogen (secondary N) is 3. The summed E-state index contributed by atoms with van der Waals surface area (Å²) in [6.07, 6.45) is 1.04. The van der Waals surface area contributed by atoms with Gasteiger partial charge in [0.15, 0.2) is 0 Å². The van der Waals surface area contributed by atoms with Gasteiger partial charge in [0.2, 0.25) is 15.9 Å². The van der Waals surface area contributed by atoms with E-state index in [1.165, 1.54) is 0 Å². The molecule has 0 saturated heterocycles. The lowest BCUT2D eigenvalue weighted by molar-refractivity contribution is -0.119. The van der Waals surface area contributed by atoms with E-state index in [-0.39, 0.29) is 19.1 Å². The van der Waals surface area contributed by atoms with Crippen LogP contribution in [0, 0.1) is 0 Å². The van der Waals surface area contributed by atoms with Crippen LogP contribution in [-0.4, -0.2) is 52.2 Å². The second kappa shape index (κ2) is 12.0. The van der Waals surface area contributed by atoms with Crippen molar-refractivity contribution in [1.29, 1.82) is 0 Å². The Hall–Kier alpha value is -4.64. The summed E-state index contributed by atoms with van der Waals surface area (Å²) in [5.41, 5.74) is 4.00. The van der Waals surface area contributed by atoms with E-state index >= 15 is 0 Å². The molecule has 3 aromatic rings. The van der Waals surface area contributed by atoms with E-state index in [2.05, 4.69) is 16.0 Å². The van der Waals surface area contributed by atoms with E-state index in [1.807, 2.05) is 30.3 Å². The summed E-state index contributed by atoms with van der Waals surface area (Å²) in [4.78, 5) is 37.5. The highest BCUT2D eigenvalue weighted by molar-refractivity contribution is 7.92. The summed E-state index contributed by atoms with van der Waals surface area (Å²) in [5.74, 6) is -1.23. The Balaban J connectivity index is 1.72. The summed E-state index contributed by atoms with van der Waals surface area (Å²) < 4.78 is 30.9. The molecular formula is C29H30N4O6S. The number of amides is 2. The van der Waals surface area contributed by atoms with E-state index in [0.29, 0.717) is 46.0 Å². The van der Waals surface area contributed by atoms with Crippen LogP contribution in [0.15, 0.2) is 72.8 Å². The van der Waals surface area contributed by atoms with Crippen molar-refractivity contribution in [3.8, 4) is 0 Å². The normalized spacial score (nSPS) is 13.6. The maximum atomic E-state index is 13.2. The molecule has 0 radical (unpaired) electrons. The summed E-state index contributed by atoms with van der Waals surface area (Å²) >= 11 is 0. The predicted molar refractivity (Wildman–Crippen MR) is 155 cm³/mol. The molecule has 0 atom stereocenters. The van der Waals surface area contributed by atoms with Crippen LogP contribution in [0.25, 0.3) is 11.3 Å². The van der Waals surface area contributed by atoms with Gasteiger partial charge in [0.1, 0.15) is 6.54 Å². The Kier molecular flexibility index (Phi) is 8.54. The molecule has 3 aromatic carbocycles. The van der Waals surface area contributed by atoms with Crippen LogP contribution in [0.1, 0.15) is 35.3 Å². The minimum atomic E-state index is -3.72. The molecule has 0 unspecified atom stereocenters. The third kappa shape index (κ3) is 6.32. The highest BCUT2D eigenvalue weighted by Gasteiger charge is 2.29. The summed E-state index contributed by atoms with van der Waals surface area (Å²) in [6.45, 7) is 3.76. The van der Waals surface area contributed by atoms with Crippen LogP contribution >= 0.6 is 0 Å². The molecule has 1 aliphatic heterocycles. The number of rotatable bonds is 10. The Morgan fingerprint density at radius 1 is 0.950 bits per heavy atom. The van der Waals surface area contributed by atoms with Crippen molar-refractivity contribution in [1.82, 2.24) is 5.32 Å². The first kappa shape index (κ1) is 28.4. The maximum absolute atomic E-state index is 13.2. The number of hydrogen-bond donors (Lipinski definition) is 3. The highest BCUT2D eigenvalue weighted by Crippen LogP contribution is 2.38. The number of nitrogens with zero attached hydrogens (tertiary/aromatic N) is 1. The molecule has 208 valence electrons. The van der Waals surface area contributed by atoms with Crippen molar-refractivity contribution in [2.75, 3.05) is 40.9 Å². The van der Waals surface area contributed by atoms with E-state index in [4.69, 9.17) is 4.74 Å². The lowest BCUT2D eigenvalue weighted by Gasteiger charge is -2.22.